The second-order valence-corrected chi connectivity index (χ2v) is 7.16. The standard InChI is InChI=1S/C22H30N2O4/c1-27-12-2-10-24-20-13-16(3-8-21(20)26)15-28-22-14-23-11-9-19(22)17-4-6-18(25)7-5-17/h3-8,13,19,22-26H,2,9-12,14-15H2,1H3/t19-,22?/m1/s1. The summed E-state index contributed by atoms with van der Waals surface area (Å²) < 4.78 is 11.3. The molecule has 0 saturated carbocycles. The van der Waals surface area contributed by atoms with Crippen LogP contribution in [0.4, 0.5) is 5.69 Å². The molecular weight excluding hydrogens is 356 g/mol. The highest BCUT2D eigenvalue weighted by molar-refractivity contribution is 5.57. The number of rotatable bonds is 9. The Morgan fingerprint density at radius 1 is 1.14 bits per heavy atom. The summed E-state index contributed by atoms with van der Waals surface area (Å²) in [5.74, 6) is 0.817. The van der Waals surface area contributed by atoms with Gasteiger partial charge in [0.25, 0.3) is 0 Å². The van der Waals surface area contributed by atoms with Gasteiger partial charge in [-0.15, -0.1) is 0 Å². The van der Waals surface area contributed by atoms with E-state index in [1.54, 1.807) is 25.3 Å². The summed E-state index contributed by atoms with van der Waals surface area (Å²) in [6, 6.07) is 12.9. The zero-order valence-corrected chi connectivity index (χ0v) is 16.4. The second-order valence-electron chi connectivity index (χ2n) is 7.16. The van der Waals surface area contributed by atoms with Crippen LogP contribution < -0.4 is 10.6 Å². The maximum Gasteiger partial charge on any atom is 0.138 e. The Kier molecular flexibility index (Phi) is 7.54. The fourth-order valence-corrected chi connectivity index (χ4v) is 3.57. The first kappa shape index (κ1) is 20.5. The third-order valence-electron chi connectivity index (χ3n) is 5.11. The summed E-state index contributed by atoms with van der Waals surface area (Å²) in [5, 5.41) is 26.2. The first-order chi connectivity index (χ1) is 13.7. The first-order valence-electron chi connectivity index (χ1n) is 9.83. The molecule has 6 heteroatoms. The second kappa shape index (κ2) is 10.3. The van der Waals surface area contributed by atoms with Gasteiger partial charge in [-0.05, 0) is 54.8 Å². The summed E-state index contributed by atoms with van der Waals surface area (Å²) >= 11 is 0. The van der Waals surface area contributed by atoms with Gasteiger partial charge in [-0.3, -0.25) is 0 Å². The van der Waals surface area contributed by atoms with Crippen LogP contribution in [0.5, 0.6) is 11.5 Å². The molecular formula is C22H30N2O4. The van der Waals surface area contributed by atoms with E-state index in [1.807, 2.05) is 24.3 Å². The van der Waals surface area contributed by atoms with E-state index in [2.05, 4.69) is 10.6 Å². The number of phenolic OH excluding ortho intramolecular Hbond substituents is 2. The fraction of sp³-hybridized carbons (Fsp3) is 0.455. The smallest absolute Gasteiger partial charge is 0.138 e. The van der Waals surface area contributed by atoms with Gasteiger partial charge in [0, 0.05) is 32.7 Å². The molecule has 2 aromatic rings. The Bertz CT molecular complexity index is 736. The highest BCUT2D eigenvalue weighted by atomic mass is 16.5. The van der Waals surface area contributed by atoms with Crippen LogP contribution in [-0.4, -0.2) is 49.7 Å². The number of anilines is 1. The fourth-order valence-electron chi connectivity index (χ4n) is 3.57. The monoisotopic (exact) mass is 386 g/mol. The van der Waals surface area contributed by atoms with Crippen molar-refractivity contribution in [1.82, 2.24) is 5.32 Å². The van der Waals surface area contributed by atoms with E-state index >= 15 is 0 Å². The summed E-state index contributed by atoms with van der Waals surface area (Å²) in [6.45, 7) is 3.66. The van der Waals surface area contributed by atoms with Gasteiger partial charge in [0.2, 0.25) is 0 Å². The lowest BCUT2D eigenvalue weighted by Crippen LogP contribution is -2.40. The molecule has 2 atom stereocenters. The Morgan fingerprint density at radius 2 is 1.96 bits per heavy atom. The number of hydrogen-bond donors (Lipinski definition) is 4. The molecule has 0 aliphatic carbocycles. The van der Waals surface area contributed by atoms with Crippen LogP contribution >= 0.6 is 0 Å². The van der Waals surface area contributed by atoms with Gasteiger partial charge in [-0.25, -0.2) is 0 Å². The third kappa shape index (κ3) is 5.61. The van der Waals surface area contributed by atoms with Crippen LogP contribution in [0.25, 0.3) is 0 Å². The number of phenols is 2. The van der Waals surface area contributed by atoms with Crippen LogP contribution in [0, 0.1) is 0 Å². The summed E-state index contributed by atoms with van der Waals surface area (Å²) in [5.41, 5.74) is 2.92. The van der Waals surface area contributed by atoms with Gasteiger partial charge in [-0.1, -0.05) is 18.2 Å². The lowest BCUT2D eigenvalue weighted by Gasteiger charge is -2.32. The summed E-state index contributed by atoms with van der Waals surface area (Å²) in [6.07, 6.45) is 1.93. The first-order valence-corrected chi connectivity index (χ1v) is 9.83. The minimum atomic E-state index is 0.0604. The van der Waals surface area contributed by atoms with Crippen molar-refractivity contribution in [3.05, 3.63) is 53.6 Å². The van der Waals surface area contributed by atoms with Crippen molar-refractivity contribution in [2.24, 2.45) is 0 Å². The molecule has 0 radical (unpaired) electrons. The number of nitrogens with one attached hydrogen (secondary N) is 2. The van der Waals surface area contributed by atoms with Gasteiger partial charge in [0.05, 0.1) is 18.4 Å². The van der Waals surface area contributed by atoms with Crippen molar-refractivity contribution in [1.29, 1.82) is 0 Å². The van der Waals surface area contributed by atoms with E-state index < -0.39 is 0 Å². The average Bonchev–Trinajstić information content (AvgIpc) is 2.72. The number of aromatic hydroxyl groups is 2. The van der Waals surface area contributed by atoms with Gasteiger partial charge in [0.15, 0.2) is 0 Å². The molecule has 1 heterocycles. The molecule has 3 rings (SSSR count). The van der Waals surface area contributed by atoms with E-state index in [0.29, 0.717) is 24.8 Å². The summed E-state index contributed by atoms with van der Waals surface area (Å²) in [4.78, 5) is 0. The SMILES string of the molecule is COCCCNc1cc(COC2CNCC[C@@H]2c2ccc(O)cc2)ccc1O. The number of ether oxygens (including phenoxy) is 2. The molecule has 1 saturated heterocycles. The van der Waals surface area contributed by atoms with Gasteiger partial charge in [-0.2, -0.15) is 0 Å². The van der Waals surface area contributed by atoms with E-state index in [1.165, 1.54) is 5.56 Å². The molecule has 0 spiro atoms. The molecule has 152 valence electrons. The van der Waals surface area contributed by atoms with Crippen molar-refractivity contribution in [3.8, 4) is 11.5 Å². The number of piperidine rings is 1. The van der Waals surface area contributed by atoms with Crippen molar-refractivity contribution < 1.29 is 19.7 Å². The van der Waals surface area contributed by atoms with Gasteiger partial charge >= 0.3 is 0 Å². The quantitative estimate of drug-likeness (QED) is 0.391. The van der Waals surface area contributed by atoms with Crippen LogP contribution in [0.1, 0.15) is 29.9 Å². The highest BCUT2D eigenvalue weighted by Crippen LogP contribution is 2.30. The topological polar surface area (TPSA) is 83.0 Å². The van der Waals surface area contributed by atoms with Crippen LogP contribution in [-0.2, 0) is 16.1 Å². The molecule has 6 nitrogen and oxygen atoms in total. The maximum atomic E-state index is 10.1. The Hall–Kier alpha value is -2.28. The number of benzene rings is 2. The molecule has 4 N–H and O–H groups in total. The molecule has 1 unspecified atom stereocenters. The maximum absolute atomic E-state index is 10.1. The molecule has 1 aliphatic rings. The zero-order valence-electron chi connectivity index (χ0n) is 16.4. The van der Waals surface area contributed by atoms with Gasteiger partial charge < -0.3 is 30.3 Å². The average molecular weight is 386 g/mol. The van der Waals surface area contributed by atoms with Crippen molar-refractivity contribution in [2.75, 3.05) is 38.7 Å². The number of hydrogen-bond acceptors (Lipinski definition) is 6. The number of methoxy groups -OCH3 is 1. The van der Waals surface area contributed by atoms with E-state index in [-0.39, 0.29) is 17.6 Å². The van der Waals surface area contributed by atoms with Crippen molar-refractivity contribution in [3.63, 3.8) is 0 Å². The summed E-state index contributed by atoms with van der Waals surface area (Å²) in [7, 11) is 1.68. The van der Waals surface area contributed by atoms with E-state index in [9.17, 15) is 10.2 Å². The van der Waals surface area contributed by atoms with Crippen LogP contribution in [0.3, 0.4) is 0 Å². The van der Waals surface area contributed by atoms with Crippen LogP contribution in [0.2, 0.25) is 0 Å². The lowest BCUT2D eigenvalue weighted by molar-refractivity contribution is 0.0106. The predicted octanol–water partition coefficient (Wildman–Crippen LogP) is 3.21. The Morgan fingerprint density at radius 3 is 2.75 bits per heavy atom. The molecule has 28 heavy (non-hydrogen) atoms. The third-order valence-corrected chi connectivity index (χ3v) is 5.11. The predicted molar refractivity (Wildman–Crippen MR) is 110 cm³/mol. The molecule has 0 aromatic heterocycles. The molecule has 0 bridgehead atoms. The normalized spacial score (nSPS) is 19.5. The molecule has 0 amide bonds. The van der Waals surface area contributed by atoms with Crippen LogP contribution in [0.15, 0.2) is 42.5 Å². The molecule has 1 aliphatic heterocycles. The lowest BCUT2D eigenvalue weighted by atomic mass is 9.87. The minimum absolute atomic E-state index is 0.0604. The van der Waals surface area contributed by atoms with Crippen molar-refractivity contribution in [2.45, 2.75) is 31.5 Å². The minimum Gasteiger partial charge on any atom is -0.508 e. The Balaban J connectivity index is 1.60. The van der Waals surface area contributed by atoms with Gasteiger partial charge in [0.1, 0.15) is 11.5 Å². The van der Waals surface area contributed by atoms with E-state index in [4.69, 9.17) is 9.47 Å². The van der Waals surface area contributed by atoms with Crippen molar-refractivity contribution >= 4 is 5.69 Å². The molecule has 2 aromatic carbocycles. The Labute approximate surface area is 166 Å². The zero-order chi connectivity index (χ0) is 19.8. The molecule has 1 fully saturated rings. The highest BCUT2D eigenvalue weighted by Gasteiger charge is 2.27. The van der Waals surface area contributed by atoms with E-state index in [0.717, 1.165) is 38.0 Å². The largest absolute Gasteiger partial charge is 0.508 e.